The molecule has 3 aromatic heterocycles. The Hall–Kier alpha value is -4.06. The van der Waals surface area contributed by atoms with E-state index in [-0.39, 0.29) is 41.7 Å². The van der Waals surface area contributed by atoms with E-state index >= 15 is 0 Å². The molecule has 0 bridgehead atoms. The van der Waals surface area contributed by atoms with Crippen LogP contribution in [0.25, 0.3) is 21.9 Å². The summed E-state index contributed by atoms with van der Waals surface area (Å²) >= 11 is 3.29. The maximum atomic E-state index is 13.7. The van der Waals surface area contributed by atoms with Gasteiger partial charge in [0.15, 0.2) is 0 Å². The quantitative estimate of drug-likeness (QED) is 0.320. The molecule has 4 aromatic rings. The number of halogens is 1. The maximum Gasteiger partial charge on any atom is 0.337 e. The summed E-state index contributed by atoms with van der Waals surface area (Å²) in [5, 5.41) is 13.7. The van der Waals surface area contributed by atoms with Gasteiger partial charge in [-0.15, -0.1) is 0 Å². The Morgan fingerprint density at radius 1 is 1.14 bits per heavy atom. The summed E-state index contributed by atoms with van der Waals surface area (Å²) in [7, 11) is 0. The summed E-state index contributed by atoms with van der Waals surface area (Å²) in [6.45, 7) is -0.192. The molecule has 2 fully saturated rings. The molecular formula is C24H20BrN7O4. The van der Waals surface area contributed by atoms with Gasteiger partial charge >= 0.3 is 5.97 Å². The third kappa shape index (κ3) is 3.56. The molecule has 2 amide bonds. The molecule has 1 saturated carbocycles. The van der Waals surface area contributed by atoms with Gasteiger partial charge in [0.25, 0.3) is 0 Å². The van der Waals surface area contributed by atoms with Gasteiger partial charge in [0.1, 0.15) is 40.8 Å². The second-order valence-electron chi connectivity index (χ2n) is 9.00. The van der Waals surface area contributed by atoms with Crippen molar-refractivity contribution in [3.05, 3.63) is 52.9 Å². The fourth-order valence-electron chi connectivity index (χ4n) is 5.27. The number of para-hydroxylation sites is 1. The number of aromatic nitrogens is 4. The highest BCUT2D eigenvalue weighted by Crippen LogP contribution is 2.48. The number of anilines is 2. The number of carbonyl (C=O) groups is 3. The molecule has 1 aromatic carbocycles. The lowest BCUT2D eigenvalue weighted by Crippen LogP contribution is -2.46. The first-order chi connectivity index (χ1) is 17.3. The number of nitrogens with one attached hydrogen (secondary N) is 1. The zero-order valence-corrected chi connectivity index (χ0v) is 20.3. The number of benzene rings is 1. The molecule has 1 saturated heterocycles. The highest BCUT2D eigenvalue weighted by atomic mass is 79.9. The van der Waals surface area contributed by atoms with Gasteiger partial charge in [-0.25, -0.2) is 19.7 Å². The molecular weight excluding hydrogens is 530 g/mol. The monoisotopic (exact) mass is 549 g/mol. The van der Waals surface area contributed by atoms with Crippen molar-refractivity contribution in [1.82, 2.24) is 24.4 Å². The van der Waals surface area contributed by atoms with Gasteiger partial charge in [-0.05, 0) is 52.9 Å². The maximum absolute atomic E-state index is 13.7. The predicted octanol–water partition coefficient (Wildman–Crippen LogP) is 2.65. The number of hydrogen-bond donors (Lipinski definition) is 3. The third-order valence-electron chi connectivity index (χ3n) is 6.87. The van der Waals surface area contributed by atoms with Gasteiger partial charge < -0.3 is 25.6 Å². The van der Waals surface area contributed by atoms with Crippen molar-refractivity contribution >= 4 is 67.3 Å². The second kappa shape index (κ2) is 8.26. The van der Waals surface area contributed by atoms with E-state index in [0.717, 1.165) is 6.42 Å². The Kier molecular flexibility index (Phi) is 5.14. The Bertz CT molecular complexity index is 1590. The molecule has 4 N–H and O–H groups in total. The lowest BCUT2D eigenvalue weighted by atomic mass is 10.1. The number of piperidine rings is 1. The molecule has 11 nitrogen and oxygen atoms in total. The minimum absolute atomic E-state index is 0.0181. The van der Waals surface area contributed by atoms with Crippen molar-refractivity contribution < 1.29 is 19.5 Å². The first-order valence-electron chi connectivity index (χ1n) is 11.3. The van der Waals surface area contributed by atoms with Crippen LogP contribution in [0.4, 0.5) is 11.6 Å². The zero-order chi connectivity index (χ0) is 25.1. The number of pyridine rings is 1. The van der Waals surface area contributed by atoms with Crippen LogP contribution in [0.2, 0.25) is 0 Å². The van der Waals surface area contributed by atoms with Gasteiger partial charge in [-0.3, -0.25) is 9.59 Å². The number of carbonyl (C=O) groups excluding carboxylic acids is 2. The van der Waals surface area contributed by atoms with Crippen LogP contribution in [0, 0.1) is 5.92 Å². The van der Waals surface area contributed by atoms with Crippen LogP contribution in [0.15, 0.2) is 47.3 Å². The molecule has 0 spiro atoms. The Morgan fingerprint density at radius 2 is 1.94 bits per heavy atom. The van der Waals surface area contributed by atoms with E-state index in [0.29, 0.717) is 38.8 Å². The number of nitrogens with two attached hydrogens (primary N) is 1. The second-order valence-corrected chi connectivity index (χ2v) is 9.81. The summed E-state index contributed by atoms with van der Waals surface area (Å²) in [5.74, 6) is -0.875. The zero-order valence-electron chi connectivity index (χ0n) is 18.8. The van der Waals surface area contributed by atoms with Gasteiger partial charge in [-0.1, -0.05) is 18.2 Å². The SMILES string of the molecule is Nc1ncnc2c1c1cccc(C(=O)O)c1n2CC(=O)N1[C@@H]2C[C@@H]2C[C@H]1C(=O)Nc1cccc(Br)n1. The molecule has 2 aliphatic rings. The molecule has 4 heterocycles. The number of hydrogen-bond acceptors (Lipinski definition) is 7. The summed E-state index contributed by atoms with van der Waals surface area (Å²) in [4.78, 5) is 53.1. The smallest absolute Gasteiger partial charge is 0.337 e. The van der Waals surface area contributed by atoms with Crippen molar-refractivity contribution in [3.63, 3.8) is 0 Å². The molecule has 0 radical (unpaired) electrons. The van der Waals surface area contributed by atoms with Crippen molar-refractivity contribution in [1.29, 1.82) is 0 Å². The lowest BCUT2D eigenvalue weighted by Gasteiger charge is -2.27. The topological polar surface area (TPSA) is 156 Å². The fraction of sp³-hybridized carbons (Fsp3) is 0.250. The van der Waals surface area contributed by atoms with Crippen LogP contribution in [0.5, 0.6) is 0 Å². The minimum Gasteiger partial charge on any atom is -0.478 e. The highest BCUT2D eigenvalue weighted by molar-refractivity contribution is 9.10. The average molecular weight is 550 g/mol. The van der Waals surface area contributed by atoms with Crippen LogP contribution >= 0.6 is 15.9 Å². The number of nitrogen functional groups attached to an aromatic ring is 1. The van der Waals surface area contributed by atoms with Crippen LogP contribution < -0.4 is 11.1 Å². The summed E-state index contributed by atoms with van der Waals surface area (Å²) in [5.41, 5.74) is 6.85. The van der Waals surface area contributed by atoms with Crippen LogP contribution in [-0.4, -0.2) is 59.4 Å². The Balaban J connectivity index is 1.37. The number of fused-ring (bicyclic) bond motifs is 4. The predicted molar refractivity (Wildman–Crippen MR) is 134 cm³/mol. The third-order valence-corrected chi connectivity index (χ3v) is 7.31. The summed E-state index contributed by atoms with van der Waals surface area (Å²) in [6, 6.07) is 9.36. The number of aromatic carboxylic acids is 1. The lowest BCUT2D eigenvalue weighted by molar-refractivity contribution is -0.138. The number of amides is 2. The fourth-order valence-corrected chi connectivity index (χ4v) is 5.62. The molecule has 182 valence electrons. The van der Waals surface area contributed by atoms with E-state index in [4.69, 9.17) is 5.73 Å². The van der Waals surface area contributed by atoms with Gasteiger partial charge in [0, 0.05) is 11.4 Å². The molecule has 36 heavy (non-hydrogen) atoms. The summed E-state index contributed by atoms with van der Waals surface area (Å²) < 4.78 is 2.15. The van der Waals surface area contributed by atoms with Crippen LogP contribution in [0.3, 0.4) is 0 Å². The molecule has 12 heteroatoms. The standard InChI is InChI=1S/C24H20BrN7O4/c25-16-5-2-6-17(29-16)30-23(34)15-8-11-7-14(11)32(15)18(33)9-31-20-12(3-1-4-13(20)24(35)36)19-21(26)27-10-28-22(19)31/h1-6,10-11,14-15H,7-9H2,(H,35,36)(H2,26,27,28)(H,29,30,34)/t11-,14-,15+/m1/s1. The van der Waals surface area contributed by atoms with Gasteiger partial charge in [-0.2, -0.15) is 0 Å². The molecule has 1 aliphatic carbocycles. The minimum atomic E-state index is -1.13. The average Bonchev–Trinajstić information content (AvgIpc) is 3.38. The van der Waals surface area contributed by atoms with E-state index in [9.17, 15) is 19.5 Å². The largest absolute Gasteiger partial charge is 0.478 e. The first kappa shape index (κ1) is 22.4. The molecule has 3 atom stereocenters. The van der Waals surface area contributed by atoms with E-state index in [1.807, 2.05) is 0 Å². The number of rotatable bonds is 5. The van der Waals surface area contributed by atoms with Crippen molar-refractivity contribution in [3.8, 4) is 0 Å². The highest BCUT2D eigenvalue weighted by Gasteiger charge is 2.56. The first-order valence-corrected chi connectivity index (χ1v) is 12.1. The van der Waals surface area contributed by atoms with Gasteiger partial charge in [0.2, 0.25) is 11.8 Å². The number of nitrogens with zero attached hydrogens (tertiary/aromatic N) is 5. The van der Waals surface area contributed by atoms with Crippen molar-refractivity contribution in [2.75, 3.05) is 11.1 Å². The van der Waals surface area contributed by atoms with E-state index < -0.39 is 12.0 Å². The normalized spacial score (nSPS) is 20.5. The van der Waals surface area contributed by atoms with Crippen LogP contribution in [0.1, 0.15) is 23.2 Å². The molecule has 0 unspecified atom stereocenters. The molecule has 6 rings (SSSR count). The van der Waals surface area contributed by atoms with Crippen molar-refractivity contribution in [2.24, 2.45) is 5.92 Å². The summed E-state index contributed by atoms with van der Waals surface area (Å²) in [6.07, 6.45) is 2.69. The molecule has 1 aliphatic heterocycles. The Labute approximate surface area is 212 Å². The van der Waals surface area contributed by atoms with E-state index in [1.54, 1.807) is 39.8 Å². The van der Waals surface area contributed by atoms with E-state index in [2.05, 4.69) is 36.2 Å². The van der Waals surface area contributed by atoms with Crippen LogP contribution in [-0.2, 0) is 16.1 Å². The number of carboxylic acid groups (broad SMARTS) is 1. The van der Waals surface area contributed by atoms with Crippen molar-refractivity contribution in [2.45, 2.75) is 31.5 Å². The number of likely N-dealkylation sites (tertiary alicyclic amines) is 1. The van der Waals surface area contributed by atoms with E-state index in [1.165, 1.54) is 12.4 Å². The van der Waals surface area contributed by atoms with Gasteiger partial charge in [0.05, 0.1) is 16.5 Å². The Morgan fingerprint density at radius 3 is 2.72 bits per heavy atom. The number of carboxylic acids is 1.